The molecule has 264 valence electrons. The Hall–Kier alpha value is -4.71. The summed E-state index contributed by atoms with van der Waals surface area (Å²) in [6, 6.07) is 33.4. The minimum Gasteiger partial charge on any atom is -0.766 e. The number of benzene rings is 4. The quantitative estimate of drug-likeness (QED) is 0.0368. The summed E-state index contributed by atoms with van der Waals surface area (Å²) in [5.74, 6) is -3.14. The minimum atomic E-state index is -3.72. The normalized spacial score (nSPS) is 15.9. The van der Waals surface area contributed by atoms with E-state index in [4.69, 9.17) is 22.1 Å². The van der Waals surface area contributed by atoms with E-state index in [-0.39, 0.29) is 34.6 Å². The summed E-state index contributed by atoms with van der Waals surface area (Å²) in [6.07, 6.45) is 1.94. The van der Waals surface area contributed by atoms with Crippen molar-refractivity contribution < 1.29 is 51.2 Å². The minimum absolute atomic E-state index is 0. The monoisotopic (exact) mass is 814 g/mol. The molecule has 0 spiro atoms. The van der Waals surface area contributed by atoms with Crippen molar-refractivity contribution in [2.45, 2.75) is 25.0 Å². The zero-order valence-corrected chi connectivity index (χ0v) is 30.6. The van der Waals surface area contributed by atoms with Crippen molar-refractivity contribution in [2.75, 3.05) is 0 Å². The molecule has 1 aliphatic heterocycles. The molecular weight excluding hydrogens is 783 g/mol. The van der Waals surface area contributed by atoms with Crippen LogP contribution in [0.2, 0.25) is 0 Å². The Morgan fingerprint density at radius 3 is 1.98 bits per heavy atom. The SMILES string of the molecule is CC(=O)OC(c1cnn(C)c1)C1C(=O)N(C([N+](=O)[O-])=P(c2ccccc2)(c2ccccc2)c2ccccc2C(=O)OCc2ccccc2)C1[S-].[Ag+]. The average Bonchev–Trinajstić information content (AvgIpc) is 3.57. The standard InChI is InChI=1S/C37H33N4O7PS.Ag/c1-25(42)48-33(27-22-38-39(2)23-27)32-34(43)40(35(32)50)37(41(45)46)49(28-16-8-4-9-17-28,29-18-10-5-11-19-29)31-21-13-12-20-30(31)36(44)47-24-26-14-6-3-7-15-26;/h3-23,32-33,35,50H,24H2,1-2H3;/q;+1/p-1. The number of carbonyl (C=O) groups excluding carboxylic acids is 3. The molecule has 6 rings (SSSR count). The Kier molecular flexibility index (Phi) is 11.9. The number of nitro groups is 1. The van der Waals surface area contributed by atoms with Gasteiger partial charge in [0.2, 0.25) is 5.91 Å². The van der Waals surface area contributed by atoms with E-state index in [9.17, 15) is 24.5 Å². The number of hydrogen-bond donors (Lipinski definition) is 0. The molecule has 14 heteroatoms. The van der Waals surface area contributed by atoms with Gasteiger partial charge in [-0.15, -0.1) is 0 Å². The van der Waals surface area contributed by atoms with Crippen LogP contribution < -0.4 is 15.9 Å². The Bertz CT molecular complexity index is 2070. The van der Waals surface area contributed by atoms with Crippen molar-refractivity contribution >= 4 is 58.8 Å². The summed E-state index contributed by atoms with van der Waals surface area (Å²) in [7, 11) is 1.67. The van der Waals surface area contributed by atoms with Crippen LogP contribution in [0.5, 0.6) is 0 Å². The molecule has 1 aliphatic rings. The van der Waals surface area contributed by atoms with Crippen molar-refractivity contribution in [1.29, 1.82) is 0 Å². The first-order chi connectivity index (χ1) is 24.1. The molecule has 1 saturated heterocycles. The summed E-state index contributed by atoms with van der Waals surface area (Å²) >= 11 is 5.90. The van der Waals surface area contributed by atoms with Gasteiger partial charge in [-0.2, -0.15) is 5.10 Å². The molecule has 1 amide bonds. The van der Waals surface area contributed by atoms with E-state index in [1.165, 1.54) is 17.8 Å². The first kappa shape index (κ1) is 37.5. The van der Waals surface area contributed by atoms with Gasteiger partial charge in [-0.25, -0.2) is 4.79 Å². The maximum Gasteiger partial charge on any atom is 1.00 e. The van der Waals surface area contributed by atoms with E-state index in [1.807, 2.05) is 30.3 Å². The van der Waals surface area contributed by atoms with Gasteiger partial charge in [-0.1, -0.05) is 115 Å². The summed E-state index contributed by atoms with van der Waals surface area (Å²) < 4.78 is 12.9. The second-order valence-electron chi connectivity index (χ2n) is 11.6. The van der Waals surface area contributed by atoms with Crippen LogP contribution in [0.3, 0.4) is 0 Å². The number of hydrogen-bond acceptors (Lipinski definition) is 9. The number of ether oxygens (including phenoxy) is 2. The van der Waals surface area contributed by atoms with Crippen molar-refractivity contribution in [3.8, 4) is 0 Å². The van der Waals surface area contributed by atoms with Gasteiger partial charge in [0.15, 0.2) is 0 Å². The van der Waals surface area contributed by atoms with E-state index in [0.29, 0.717) is 21.5 Å². The first-order valence-corrected chi connectivity index (χ1v) is 17.9. The topological polar surface area (TPSA) is 134 Å². The maximum atomic E-state index is 14.4. The van der Waals surface area contributed by atoms with Gasteiger partial charge in [-0.05, 0) is 22.2 Å². The number of amides is 1. The van der Waals surface area contributed by atoms with Crippen molar-refractivity contribution in [2.24, 2.45) is 13.0 Å². The third kappa shape index (κ3) is 7.24. The van der Waals surface area contributed by atoms with E-state index in [0.717, 1.165) is 10.5 Å². The third-order valence-corrected chi connectivity index (χ3v) is 13.2. The Morgan fingerprint density at radius 2 is 1.47 bits per heavy atom. The molecule has 1 fully saturated rings. The Morgan fingerprint density at radius 1 is 0.922 bits per heavy atom. The number of carbonyl (C=O) groups is 3. The molecule has 1 aromatic heterocycles. The molecule has 11 nitrogen and oxygen atoms in total. The van der Waals surface area contributed by atoms with Gasteiger partial charge in [0.1, 0.15) is 12.7 Å². The van der Waals surface area contributed by atoms with Crippen molar-refractivity contribution in [3.63, 3.8) is 0 Å². The van der Waals surface area contributed by atoms with Crippen molar-refractivity contribution in [1.82, 2.24) is 14.7 Å². The second kappa shape index (κ2) is 16.1. The predicted molar refractivity (Wildman–Crippen MR) is 192 cm³/mol. The number of rotatable bonds is 11. The molecule has 4 aromatic carbocycles. The van der Waals surface area contributed by atoms with Crippen LogP contribution in [0.15, 0.2) is 128 Å². The van der Waals surface area contributed by atoms with E-state index in [2.05, 4.69) is 5.10 Å². The molecule has 0 N–H and O–H groups in total. The summed E-state index contributed by atoms with van der Waals surface area (Å²) in [5.41, 5.74) is 0.844. The molecule has 5 aromatic rings. The second-order valence-corrected chi connectivity index (χ2v) is 15.3. The number of aryl methyl sites for hydroxylation is 1. The fourth-order valence-electron chi connectivity index (χ4n) is 6.27. The Labute approximate surface area is 315 Å². The van der Waals surface area contributed by atoms with Crippen molar-refractivity contribution in [3.05, 3.63) is 154 Å². The largest absolute Gasteiger partial charge is 1.00 e. The summed E-state index contributed by atoms with van der Waals surface area (Å²) in [4.78, 5) is 54.7. The third-order valence-electron chi connectivity index (χ3n) is 8.42. The fourth-order valence-corrected chi connectivity index (χ4v) is 11.2. The number of likely N-dealkylation sites (tertiary alicyclic amines) is 1. The van der Waals surface area contributed by atoms with E-state index in [1.54, 1.807) is 98.2 Å². The van der Waals surface area contributed by atoms with Crippen LogP contribution in [0.25, 0.3) is 0 Å². The summed E-state index contributed by atoms with van der Waals surface area (Å²) in [5, 5.41) is 18.0. The van der Waals surface area contributed by atoms with Crippen LogP contribution in [-0.2, 0) is 67.7 Å². The van der Waals surface area contributed by atoms with Gasteiger partial charge in [0, 0.05) is 31.0 Å². The van der Waals surface area contributed by atoms with Crippen LogP contribution in [0, 0.1) is 16.0 Å². The number of aromatic nitrogens is 2. The molecule has 2 heterocycles. The van der Waals surface area contributed by atoms with Gasteiger partial charge in [0.25, 0.3) is 0 Å². The molecule has 0 aliphatic carbocycles. The van der Waals surface area contributed by atoms with Crippen LogP contribution in [0.4, 0.5) is 0 Å². The maximum absolute atomic E-state index is 14.4. The predicted octanol–water partition coefficient (Wildman–Crippen LogP) is 4.07. The number of nitrogens with zero attached hydrogens (tertiary/aromatic N) is 4. The fraction of sp³-hybridized carbons (Fsp3) is 0.162. The molecule has 51 heavy (non-hydrogen) atoms. The molecule has 0 radical (unpaired) electrons. The van der Waals surface area contributed by atoms with E-state index < -0.39 is 52.6 Å². The van der Waals surface area contributed by atoms with E-state index >= 15 is 0 Å². The molecule has 0 saturated carbocycles. The van der Waals surface area contributed by atoms with Gasteiger partial charge < -0.3 is 22.1 Å². The van der Waals surface area contributed by atoms with Gasteiger partial charge in [0.05, 0.1) is 29.5 Å². The van der Waals surface area contributed by atoms with Crippen LogP contribution >= 0.6 is 6.89 Å². The van der Waals surface area contributed by atoms with Crippen LogP contribution in [0.1, 0.15) is 34.5 Å². The number of β-lactam (4-membered cyclic amide) rings is 1. The summed E-state index contributed by atoms with van der Waals surface area (Å²) in [6.45, 7) is -2.53. The average molecular weight is 816 g/mol. The zero-order chi connectivity index (χ0) is 35.4. The molecular formula is C37H32AgN4O7PS. The molecule has 0 bridgehead atoms. The van der Waals surface area contributed by atoms with Gasteiger partial charge in [-0.3, -0.25) is 29.3 Å². The number of esters is 2. The van der Waals surface area contributed by atoms with Crippen LogP contribution in [-0.4, -0.2) is 48.4 Å². The first-order valence-electron chi connectivity index (χ1n) is 15.6. The smallest absolute Gasteiger partial charge is 0.766 e. The zero-order valence-electron chi connectivity index (χ0n) is 27.4. The molecule has 3 unspecified atom stereocenters. The Balaban J connectivity index is 0.00000504. The molecule has 3 atom stereocenters. The van der Waals surface area contributed by atoms with Gasteiger partial charge >= 0.3 is 39.9 Å².